The largest absolute Gasteiger partial charge is 0.472 e. The Morgan fingerprint density at radius 2 is 0.562 bits per heavy atom. The number of carbonyl (C=O) groups is 4. The average molecular weight is 1530 g/mol. The van der Waals surface area contributed by atoms with Crippen LogP contribution in [-0.4, -0.2) is 96.7 Å². The summed E-state index contributed by atoms with van der Waals surface area (Å²) in [7, 11) is -9.94. The Labute approximate surface area is 643 Å². The molecule has 0 aromatic heterocycles. The van der Waals surface area contributed by atoms with Gasteiger partial charge in [-0.25, -0.2) is 9.13 Å². The maximum Gasteiger partial charge on any atom is 0.472 e. The van der Waals surface area contributed by atoms with E-state index in [-0.39, 0.29) is 25.7 Å². The summed E-state index contributed by atoms with van der Waals surface area (Å²) in [5.41, 5.74) is 0. The molecular formula is C86H164O17P2. The number of carbonyl (C=O) groups excluding carboxylic acids is 4. The highest BCUT2D eigenvalue weighted by atomic mass is 31.2. The van der Waals surface area contributed by atoms with Gasteiger partial charge in [-0.3, -0.25) is 37.3 Å². The van der Waals surface area contributed by atoms with Crippen LogP contribution in [0.25, 0.3) is 0 Å². The van der Waals surface area contributed by atoms with E-state index in [1.54, 1.807) is 0 Å². The first-order chi connectivity index (χ1) is 50.8. The molecule has 620 valence electrons. The van der Waals surface area contributed by atoms with Crippen molar-refractivity contribution in [2.75, 3.05) is 39.6 Å². The SMILES string of the molecule is CCCCCC/C=C\C=C/CCCCCCCC(=O)O[C@H](COC(=O)CCCCCCCCCCCCCCCCCCCCC(C)CC)COP(=O)(O)OCC(O)COP(=O)(O)OC[C@@H](COC(=O)CCCCCCCCC(C)C)OC(=O)CCCCCCCCCCCCCCCCCCC(C)C. The van der Waals surface area contributed by atoms with Crippen LogP contribution in [0.3, 0.4) is 0 Å². The number of phosphoric acid groups is 2. The minimum absolute atomic E-state index is 0.0854. The highest BCUT2D eigenvalue weighted by Crippen LogP contribution is 2.45. The number of aliphatic hydroxyl groups excluding tert-OH is 1. The molecule has 0 saturated carbocycles. The Morgan fingerprint density at radius 1 is 0.314 bits per heavy atom. The zero-order valence-electron chi connectivity index (χ0n) is 68.7. The van der Waals surface area contributed by atoms with Crippen molar-refractivity contribution >= 4 is 39.5 Å². The maximum atomic E-state index is 13.1. The molecule has 0 bridgehead atoms. The molecule has 105 heavy (non-hydrogen) atoms. The Hall–Kier alpha value is -2.46. The van der Waals surface area contributed by atoms with E-state index >= 15 is 0 Å². The van der Waals surface area contributed by atoms with E-state index in [1.165, 1.54) is 218 Å². The first-order valence-corrected chi connectivity index (χ1v) is 46.7. The molecule has 0 aliphatic rings. The standard InChI is InChI=1S/C86H164O17P2/c1-8-10-11-12-13-14-15-16-23-31-36-41-46-55-62-69-85(90)102-81(73-96-83(88)67-60-53-45-40-35-30-26-20-18-17-19-25-29-34-39-44-52-59-66-79(7)9-2)75-100-104(92,93)98-71-80(87)72-99-105(94,95)101-76-82(74-97-84(89)68-61-54-49-48-51-58-65-78(5)6)103-86(91)70-63-56-47-42-37-32-27-22-21-24-28-33-38-43-50-57-64-77(3)4/h14-16,23,77-82,87H,8-13,17-22,24-76H2,1-7H3,(H,92,93)(H,94,95)/b15-14-,23-16-/t79?,80?,81-,82-/m1/s1. The van der Waals surface area contributed by atoms with Crippen LogP contribution in [0, 0.1) is 17.8 Å². The molecule has 6 atom stereocenters. The number of ether oxygens (including phenoxy) is 4. The van der Waals surface area contributed by atoms with Gasteiger partial charge in [0.1, 0.15) is 19.3 Å². The fourth-order valence-corrected chi connectivity index (χ4v) is 14.4. The molecule has 4 unspecified atom stereocenters. The second-order valence-corrected chi connectivity index (χ2v) is 34.3. The van der Waals surface area contributed by atoms with Gasteiger partial charge in [0.15, 0.2) is 12.2 Å². The topological polar surface area (TPSA) is 237 Å². The van der Waals surface area contributed by atoms with Crippen LogP contribution < -0.4 is 0 Å². The molecule has 0 radical (unpaired) electrons. The van der Waals surface area contributed by atoms with Crippen LogP contribution in [0.2, 0.25) is 0 Å². The van der Waals surface area contributed by atoms with Crippen LogP contribution in [0.5, 0.6) is 0 Å². The molecule has 0 heterocycles. The summed E-state index contributed by atoms with van der Waals surface area (Å²) in [6.45, 7) is 11.9. The molecule has 0 rings (SSSR count). The predicted molar refractivity (Wildman–Crippen MR) is 432 cm³/mol. The molecule has 3 N–H and O–H groups in total. The van der Waals surface area contributed by atoms with Crippen molar-refractivity contribution in [2.24, 2.45) is 17.8 Å². The average Bonchev–Trinajstić information content (AvgIpc) is 0.907. The third-order valence-corrected chi connectivity index (χ3v) is 21.8. The van der Waals surface area contributed by atoms with Crippen molar-refractivity contribution < 1.29 is 80.2 Å². The normalized spacial score (nSPS) is 14.3. The first kappa shape index (κ1) is 103. The molecule has 19 heteroatoms. The Morgan fingerprint density at radius 3 is 0.848 bits per heavy atom. The van der Waals surface area contributed by atoms with Gasteiger partial charge >= 0.3 is 39.5 Å². The van der Waals surface area contributed by atoms with E-state index in [9.17, 15) is 43.2 Å². The third kappa shape index (κ3) is 78.0. The van der Waals surface area contributed by atoms with Crippen molar-refractivity contribution in [3.8, 4) is 0 Å². The molecule has 0 amide bonds. The second kappa shape index (κ2) is 75.6. The predicted octanol–water partition coefficient (Wildman–Crippen LogP) is 25.6. The van der Waals surface area contributed by atoms with E-state index in [2.05, 4.69) is 72.8 Å². The van der Waals surface area contributed by atoms with Crippen molar-refractivity contribution in [3.05, 3.63) is 24.3 Å². The van der Waals surface area contributed by atoms with E-state index in [0.29, 0.717) is 31.6 Å². The zero-order valence-corrected chi connectivity index (χ0v) is 70.5. The van der Waals surface area contributed by atoms with Gasteiger partial charge in [0, 0.05) is 25.7 Å². The minimum atomic E-state index is -4.97. The number of unbranched alkanes of at least 4 members (excludes halogenated alkanes) is 46. The minimum Gasteiger partial charge on any atom is -0.462 e. The number of phosphoric ester groups is 2. The lowest BCUT2D eigenvalue weighted by Crippen LogP contribution is -2.30. The van der Waals surface area contributed by atoms with Crippen LogP contribution in [0.4, 0.5) is 0 Å². The molecule has 0 aromatic carbocycles. The molecule has 0 aliphatic heterocycles. The lowest BCUT2D eigenvalue weighted by Gasteiger charge is -2.21. The van der Waals surface area contributed by atoms with Crippen molar-refractivity contribution in [2.45, 2.75) is 446 Å². The van der Waals surface area contributed by atoms with Gasteiger partial charge in [0.25, 0.3) is 0 Å². The molecule has 0 aromatic rings. The second-order valence-electron chi connectivity index (χ2n) is 31.4. The molecular weight excluding hydrogens is 1370 g/mol. The van der Waals surface area contributed by atoms with Gasteiger partial charge < -0.3 is 33.8 Å². The van der Waals surface area contributed by atoms with Crippen LogP contribution in [-0.2, 0) is 65.4 Å². The van der Waals surface area contributed by atoms with E-state index in [4.69, 9.17) is 37.0 Å². The summed E-state index contributed by atoms with van der Waals surface area (Å²) in [5, 5.41) is 10.7. The Balaban J connectivity index is 5.20. The fraction of sp³-hybridized carbons (Fsp3) is 0.907. The zero-order chi connectivity index (χ0) is 77.2. The van der Waals surface area contributed by atoms with Gasteiger partial charge in [-0.05, 0) is 69.1 Å². The lowest BCUT2D eigenvalue weighted by molar-refractivity contribution is -0.161. The monoisotopic (exact) mass is 1530 g/mol. The van der Waals surface area contributed by atoms with Gasteiger partial charge in [-0.1, -0.05) is 375 Å². The first-order valence-electron chi connectivity index (χ1n) is 43.7. The lowest BCUT2D eigenvalue weighted by atomic mass is 9.99. The Kier molecular flexibility index (Phi) is 73.8. The van der Waals surface area contributed by atoms with Gasteiger partial charge in [-0.15, -0.1) is 0 Å². The summed E-state index contributed by atoms with van der Waals surface area (Å²) < 4.78 is 68.8. The van der Waals surface area contributed by atoms with E-state index in [1.807, 2.05) is 0 Å². The quantitative estimate of drug-likeness (QED) is 0.0169. The number of hydrogen-bond donors (Lipinski definition) is 3. The smallest absolute Gasteiger partial charge is 0.462 e. The number of aliphatic hydroxyl groups is 1. The van der Waals surface area contributed by atoms with E-state index < -0.39 is 97.5 Å². The van der Waals surface area contributed by atoms with E-state index in [0.717, 1.165) is 121 Å². The van der Waals surface area contributed by atoms with Crippen LogP contribution >= 0.6 is 15.6 Å². The summed E-state index contributed by atoms with van der Waals surface area (Å²) in [6.07, 6.45) is 69.1. The van der Waals surface area contributed by atoms with Gasteiger partial charge in [-0.2, -0.15) is 0 Å². The van der Waals surface area contributed by atoms with Crippen LogP contribution in [0.1, 0.15) is 427 Å². The van der Waals surface area contributed by atoms with Crippen molar-refractivity contribution in [1.82, 2.24) is 0 Å². The number of hydrogen-bond acceptors (Lipinski definition) is 15. The summed E-state index contributed by atoms with van der Waals surface area (Å²) in [6, 6.07) is 0. The number of esters is 4. The maximum absolute atomic E-state index is 13.1. The van der Waals surface area contributed by atoms with Crippen molar-refractivity contribution in [1.29, 1.82) is 0 Å². The molecule has 0 aliphatic carbocycles. The molecule has 0 fully saturated rings. The number of rotatable bonds is 82. The summed E-state index contributed by atoms with van der Waals surface area (Å²) in [5.74, 6) is 0.219. The summed E-state index contributed by atoms with van der Waals surface area (Å²) >= 11 is 0. The fourth-order valence-electron chi connectivity index (χ4n) is 12.8. The highest BCUT2D eigenvalue weighted by molar-refractivity contribution is 7.47. The molecule has 17 nitrogen and oxygen atoms in total. The Bertz CT molecular complexity index is 2120. The highest BCUT2D eigenvalue weighted by Gasteiger charge is 2.30. The van der Waals surface area contributed by atoms with Crippen LogP contribution in [0.15, 0.2) is 24.3 Å². The van der Waals surface area contributed by atoms with Crippen molar-refractivity contribution in [3.63, 3.8) is 0 Å². The molecule has 0 saturated heterocycles. The summed E-state index contributed by atoms with van der Waals surface area (Å²) in [4.78, 5) is 73.1. The van der Waals surface area contributed by atoms with Gasteiger partial charge in [0.05, 0.1) is 26.4 Å². The molecule has 0 spiro atoms. The number of allylic oxidation sites excluding steroid dienone is 4. The van der Waals surface area contributed by atoms with Gasteiger partial charge in [0.2, 0.25) is 0 Å². The third-order valence-electron chi connectivity index (χ3n) is 19.9.